The third-order valence-electron chi connectivity index (χ3n) is 6.25. The van der Waals surface area contributed by atoms with Crippen LogP contribution in [0.1, 0.15) is 42.6 Å². The molecule has 0 N–H and O–H groups in total. The van der Waals surface area contributed by atoms with Gasteiger partial charge in [0.25, 0.3) is 5.56 Å². The summed E-state index contributed by atoms with van der Waals surface area (Å²) in [7, 11) is 0. The van der Waals surface area contributed by atoms with E-state index in [1.165, 1.54) is 18.4 Å². The topological polar surface area (TPSA) is 48.0 Å². The summed E-state index contributed by atoms with van der Waals surface area (Å²) >= 11 is 1.55. The average Bonchev–Trinajstić information content (AvgIpc) is 3.41. The first-order valence-electron chi connectivity index (χ1n) is 10.2. The molecule has 0 radical (unpaired) electrons. The molecule has 1 fully saturated rings. The number of fused-ring (bicyclic) bond motifs is 4. The SMILES string of the molecule is C=CCSc1nc2c(c(=O)n1Cc1ccco1)C1(CCCC1)Cc1ccccc1-2. The van der Waals surface area contributed by atoms with E-state index >= 15 is 0 Å². The van der Waals surface area contributed by atoms with Gasteiger partial charge < -0.3 is 4.42 Å². The Morgan fingerprint density at radius 1 is 1.21 bits per heavy atom. The molecule has 0 saturated heterocycles. The molecule has 1 aromatic carbocycles. The fraction of sp³-hybridized carbons (Fsp3) is 0.333. The van der Waals surface area contributed by atoms with Gasteiger partial charge in [-0.2, -0.15) is 0 Å². The zero-order chi connectivity index (χ0) is 19.8. The van der Waals surface area contributed by atoms with E-state index in [1.807, 2.05) is 24.3 Å². The quantitative estimate of drug-likeness (QED) is 0.333. The van der Waals surface area contributed by atoms with Crippen LogP contribution in [0.4, 0.5) is 0 Å². The first kappa shape index (κ1) is 18.5. The van der Waals surface area contributed by atoms with Crippen molar-refractivity contribution in [1.29, 1.82) is 0 Å². The van der Waals surface area contributed by atoms with Crippen LogP contribution in [0, 0.1) is 0 Å². The van der Waals surface area contributed by atoms with E-state index in [0.717, 1.165) is 47.0 Å². The van der Waals surface area contributed by atoms with Crippen LogP contribution in [0.2, 0.25) is 0 Å². The summed E-state index contributed by atoms with van der Waals surface area (Å²) in [6, 6.07) is 12.2. The zero-order valence-electron chi connectivity index (χ0n) is 16.4. The van der Waals surface area contributed by atoms with Crippen molar-refractivity contribution in [2.24, 2.45) is 0 Å². The first-order valence-corrected chi connectivity index (χ1v) is 11.2. The van der Waals surface area contributed by atoms with Crippen molar-refractivity contribution in [2.45, 2.75) is 49.2 Å². The van der Waals surface area contributed by atoms with Crippen LogP contribution in [0.15, 0.2) is 69.7 Å². The predicted molar refractivity (Wildman–Crippen MR) is 117 cm³/mol. The van der Waals surface area contributed by atoms with E-state index in [9.17, 15) is 4.79 Å². The Balaban J connectivity index is 1.76. The molecule has 0 amide bonds. The fourth-order valence-electron chi connectivity index (χ4n) is 4.99. The number of furan rings is 1. The van der Waals surface area contributed by atoms with Gasteiger partial charge in [0.15, 0.2) is 5.16 Å². The third kappa shape index (κ3) is 3.08. The molecule has 2 aromatic heterocycles. The highest BCUT2D eigenvalue weighted by molar-refractivity contribution is 7.99. The van der Waals surface area contributed by atoms with Crippen molar-refractivity contribution in [3.8, 4) is 11.3 Å². The molecule has 148 valence electrons. The predicted octanol–water partition coefficient (Wildman–Crippen LogP) is 5.20. The second-order valence-corrected chi connectivity index (χ2v) is 9.00. The largest absolute Gasteiger partial charge is 0.467 e. The second kappa shape index (κ2) is 7.38. The van der Waals surface area contributed by atoms with Gasteiger partial charge in [-0.3, -0.25) is 9.36 Å². The molecule has 1 saturated carbocycles. The number of benzene rings is 1. The van der Waals surface area contributed by atoms with Crippen LogP contribution >= 0.6 is 11.8 Å². The Morgan fingerprint density at radius 3 is 2.79 bits per heavy atom. The molecule has 3 aromatic rings. The summed E-state index contributed by atoms with van der Waals surface area (Å²) in [6.07, 6.45) is 8.90. The lowest BCUT2D eigenvalue weighted by atomic mass is 9.68. The fourth-order valence-corrected chi connectivity index (χ4v) is 5.71. The van der Waals surface area contributed by atoms with Gasteiger partial charge in [-0.05, 0) is 37.0 Å². The molecule has 1 spiro atoms. The Morgan fingerprint density at radius 2 is 2.03 bits per heavy atom. The maximum atomic E-state index is 13.9. The molecule has 5 rings (SSSR count). The number of hydrogen-bond acceptors (Lipinski definition) is 4. The minimum atomic E-state index is -0.0830. The average molecular weight is 405 g/mol. The molecule has 4 nitrogen and oxygen atoms in total. The van der Waals surface area contributed by atoms with Crippen LogP contribution in [0.5, 0.6) is 0 Å². The molecule has 0 atom stereocenters. The van der Waals surface area contributed by atoms with Crippen LogP contribution in [-0.4, -0.2) is 15.3 Å². The smallest absolute Gasteiger partial charge is 0.258 e. The van der Waals surface area contributed by atoms with E-state index in [1.54, 1.807) is 22.6 Å². The van der Waals surface area contributed by atoms with E-state index in [4.69, 9.17) is 9.40 Å². The number of thioether (sulfide) groups is 1. The van der Waals surface area contributed by atoms with E-state index in [2.05, 4.69) is 24.8 Å². The molecular weight excluding hydrogens is 380 g/mol. The lowest BCUT2D eigenvalue weighted by molar-refractivity contribution is 0.412. The molecule has 2 heterocycles. The van der Waals surface area contributed by atoms with Gasteiger partial charge in [-0.1, -0.05) is 54.9 Å². The van der Waals surface area contributed by atoms with Crippen molar-refractivity contribution in [2.75, 3.05) is 5.75 Å². The number of hydrogen-bond donors (Lipinski definition) is 0. The highest BCUT2D eigenvalue weighted by atomic mass is 32.2. The number of rotatable bonds is 5. The van der Waals surface area contributed by atoms with E-state index in [0.29, 0.717) is 12.3 Å². The summed E-state index contributed by atoms with van der Waals surface area (Å²) in [5.41, 5.74) is 4.25. The van der Waals surface area contributed by atoms with Crippen molar-refractivity contribution in [3.63, 3.8) is 0 Å². The van der Waals surface area contributed by atoms with Gasteiger partial charge in [-0.15, -0.1) is 6.58 Å². The highest BCUT2D eigenvalue weighted by Crippen LogP contribution is 2.49. The monoisotopic (exact) mass is 404 g/mol. The molecule has 0 aliphatic heterocycles. The molecule has 2 aliphatic rings. The van der Waals surface area contributed by atoms with Crippen LogP contribution in [0.25, 0.3) is 11.3 Å². The molecule has 2 aliphatic carbocycles. The maximum absolute atomic E-state index is 13.9. The van der Waals surface area contributed by atoms with Gasteiger partial charge in [0, 0.05) is 16.7 Å². The van der Waals surface area contributed by atoms with Gasteiger partial charge in [0.05, 0.1) is 24.1 Å². The summed E-state index contributed by atoms with van der Waals surface area (Å²) in [5, 5.41) is 0.731. The van der Waals surface area contributed by atoms with E-state index < -0.39 is 0 Å². The summed E-state index contributed by atoms with van der Waals surface area (Å²) in [4.78, 5) is 19.0. The minimum absolute atomic E-state index is 0.0830. The number of nitrogens with zero attached hydrogens (tertiary/aromatic N) is 2. The van der Waals surface area contributed by atoms with Crippen LogP contribution in [-0.2, 0) is 18.4 Å². The molecule has 0 unspecified atom stereocenters. The van der Waals surface area contributed by atoms with E-state index in [-0.39, 0.29) is 11.0 Å². The molecular formula is C24H24N2O2S. The van der Waals surface area contributed by atoms with Crippen molar-refractivity contribution < 1.29 is 4.42 Å². The summed E-state index contributed by atoms with van der Waals surface area (Å²) in [6.45, 7) is 4.24. The summed E-state index contributed by atoms with van der Waals surface area (Å²) in [5.74, 6) is 1.47. The van der Waals surface area contributed by atoms with Crippen molar-refractivity contribution in [3.05, 3.63) is 82.6 Å². The zero-order valence-corrected chi connectivity index (χ0v) is 17.2. The van der Waals surface area contributed by atoms with Gasteiger partial charge in [0.1, 0.15) is 5.76 Å². The Kier molecular flexibility index (Phi) is 4.70. The summed E-state index contributed by atoms with van der Waals surface area (Å²) < 4.78 is 7.36. The number of aromatic nitrogens is 2. The lowest BCUT2D eigenvalue weighted by Crippen LogP contribution is -2.40. The third-order valence-corrected chi connectivity index (χ3v) is 7.22. The standard InChI is InChI=1S/C24H24N2O2S/c1-2-14-29-23-25-21-19-10-4-3-8-17(19)15-24(11-5-6-12-24)20(21)22(27)26(23)16-18-9-7-13-28-18/h2-4,7-10,13H,1,5-6,11-12,14-16H2. The van der Waals surface area contributed by atoms with Gasteiger partial charge in [0.2, 0.25) is 0 Å². The maximum Gasteiger partial charge on any atom is 0.258 e. The first-order chi connectivity index (χ1) is 14.2. The second-order valence-electron chi connectivity index (χ2n) is 8.01. The Labute approximate surface area is 174 Å². The van der Waals surface area contributed by atoms with Crippen LogP contribution in [0.3, 0.4) is 0 Å². The Hall–Kier alpha value is -2.53. The molecule has 29 heavy (non-hydrogen) atoms. The molecule has 5 heteroatoms. The van der Waals surface area contributed by atoms with Crippen molar-refractivity contribution >= 4 is 11.8 Å². The van der Waals surface area contributed by atoms with Crippen molar-refractivity contribution in [1.82, 2.24) is 9.55 Å². The van der Waals surface area contributed by atoms with Gasteiger partial charge in [-0.25, -0.2) is 4.98 Å². The van der Waals surface area contributed by atoms with Crippen LogP contribution < -0.4 is 5.56 Å². The lowest BCUT2D eigenvalue weighted by Gasteiger charge is -2.36. The normalized spacial score (nSPS) is 16.6. The van der Waals surface area contributed by atoms with Gasteiger partial charge >= 0.3 is 0 Å². The minimum Gasteiger partial charge on any atom is -0.467 e. The molecule has 0 bridgehead atoms. The highest BCUT2D eigenvalue weighted by Gasteiger charge is 2.44. The Bertz CT molecular complexity index is 1110.